The fraction of sp³-hybridized carbons (Fsp3) is 0.583. The molecule has 0 aliphatic heterocycles. The van der Waals surface area contributed by atoms with E-state index in [1.807, 2.05) is 0 Å². The average molecular weight is 321 g/mol. The molecule has 1 saturated carbocycles. The molecule has 1 aliphatic carbocycles. The van der Waals surface area contributed by atoms with Gasteiger partial charge < -0.3 is 9.73 Å². The molecule has 5 heteroatoms. The summed E-state index contributed by atoms with van der Waals surface area (Å²) >= 11 is 9.24. The minimum atomic E-state index is -0.0846. The van der Waals surface area contributed by atoms with Crippen LogP contribution in [0.15, 0.2) is 21.4 Å². The summed E-state index contributed by atoms with van der Waals surface area (Å²) in [4.78, 5) is 11.8. The molecular weight excluding hydrogens is 305 g/mol. The molecule has 0 unspecified atom stereocenters. The number of carbonyl (C=O) groups excluding carboxylic acids is 1. The minimum absolute atomic E-state index is 0.0846. The van der Waals surface area contributed by atoms with E-state index in [4.69, 9.17) is 16.0 Å². The Labute approximate surface area is 114 Å². The van der Waals surface area contributed by atoms with Crippen molar-refractivity contribution in [1.29, 1.82) is 0 Å². The molecular formula is C12H15BrClNO2. The third-order valence-electron chi connectivity index (χ3n) is 3.19. The van der Waals surface area contributed by atoms with Crippen LogP contribution in [0.2, 0.25) is 0 Å². The SMILES string of the molecule is O=C(NCC1CCC(Cl)CC1)c1ccoc1Br. The molecule has 1 fully saturated rings. The first-order chi connectivity index (χ1) is 8.16. The number of furan rings is 1. The van der Waals surface area contributed by atoms with Gasteiger partial charge in [-0.15, -0.1) is 11.6 Å². The van der Waals surface area contributed by atoms with Crippen molar-refractivity contribution in [2.45, 2.75) is 31.1 Å². The molecule has 0 spiro atoms. The van der Waals surface area contributed by atoms with Gasteiger partial charge in [-0.25, -0.2) is 0 Å². The van der Waals surface area contributed by atoms with Crippen LogP contribution in [0.4, 0.5) is 0 Å². The molecule has 1 heterocycles. The van der Waals surface area contributed by atoms with E-state index >= 15 is 0 Å². The maximum absolute atomic E-state index is 11.8. The second kappa shape index (κ2) is 5.91. The molecule has 2 rings (SSSR count). The Morgan fingerprint density at radius 2 is 2.18 bits per heavy atom. The van der Waals surface area contributed by atoms with Gasteiger partial charge in [0.1, 0.15) is 0 Å². The molecule has 1 amide bonds. The van der Waals surface area contributed by atoms with Crippen LogP contribution >= 0.6 is 27.5 Å². The highest BCUT2D eigenvalue weighted by Crippen LogP contribution is 2.27. The topological polar surface area (TPSA) is 42.2 Å². The number of halogens is 2. The molecule has 3 nitrogen and oxygen atoms in total. The van der Waals surface area contributed by atoms with Gasteiger partial charge in [-0.05, 0) is 53.6 Å². The van der Waals surface area contributed by atoms with Crippen molar-refractivity contribution in [3.05, 3.63) is 22.6 Å². The van der Waals surface area contributed by atoms with Gasteiger partial charge >= 0.3 is 0 Å². The predicted octanol–water partition coefficient (Wildman–Crippen LogP) is 3.57. The van der Waals surface area contributed by atoms with Crippen LogP contribution in [0.3, 0.4) is 0 Å². The summed E-state index contributed by atoms with van der Waals surface area (Å²) in [6.45, 7) is 0.722. The lowest BCUT2D eigenvalue weighted by Gasteiger charge is -2.24. The van der Waals surface area contributed by atoms with E-state index in [0.717, 1.165) is 32.2 Å². The molecule has 0 atom stereocenters. The van der Waals surface area contributed by atoms with Crippen LogP contribution in [-0.4, -0.2) is 17.8 Å². The fourth-order valence-corrected chi connectivity index (χ4v) is 2.79. The Kier molecular flexibility index (Phi) is 4.51. The molecule has 1 aromatic heterocycles. The summed E-state index contributed by atoms with van der Waals surface area (Å²) < 4.78 is 5.52. The lowest BCUT2D eigenvalue weighted by Crippen LogP contribution is -2.31. The zero-order chi connectivity index (χ0) is 12.3. The smallest absolute Gasteiger partial charge is 0.255 e. The monoisotopic (exact) mass is 319 g/mol. The van der Waals surface area contributed by atoms with Gasteiger partial charge in [0.2, 0.25) is 0 Å². The number of amides is 1. The summed E-state index contributed by atoms with van der Waals surface area (Å²) in [7, 11) is 0. The molecule has 1 aliphatic rings. The summed E-state index contributed by atoms with van der Waals surface area (Å²) in [5, 5.41) is 3.26. The number of rotatable bonds is 3. The molecule has 1 aromatic rings. The Hall–Kier alpha value is -0.480. The summed E-state index contributed by atoms with van der Waals surface area (Å²) in [5.41, 5.74) is 0.552. The maximum Gasteiger partial charge on any atom is 0.255 e. The predicted molar refractivity (Wildman–Crippen MR) is 70.3 cm³/mol. The average Bonchev–Trinajstić information content (AvgIpc) is 2.74. The van der Waals surface area contributed by atoms with E-state index in [1.165, 1.54) is 6.26 Å². The van der Waals surface area contributed by atoms with Gasteiger partial charge in [0.15, 0.2) is 4.67 Å². The zero-order valence-corrected chi connectivity index (χ0v) is 11.8. The van der Waals surface area contributed by atoms with Crippen LogP contribution in [0.25, 0.3) is 0 Å². The van der Waals surface area contributed by atoms with E-state index < -0.39 is 0 Å². The molecule has 1 N–H and O–H groups in total. The van der Waals surface area contributed by atoms with Crippen LogP contribution in [0.1, 0.15) is 36.0 Å². The summed E-state index contributed by atoms with van der Waals surface area (Å²) in [6.07, 6.45) is 5.80. The van der Waals surface area contributed by atoms with Crippen molar-refractivity contribution in [2.75, 3.05) is 6.54 Å². The highest BCUT2D eigenvalue weighted by molar-refractivity contribution is 9.10. The van der Waals surface area contributed by atoms with Gasteiger partial charge in [0.25, 0.3) is 5.91 Å². The van der Waals surface area contributed by atoms with Gasteiger partial charge in [0, 0.05) is 11.9 Å². The molecule has 0 saturated heterocycles. The molecule has 0 radical (unpaired) electrons. The minimum Gasteiger partial charge on any atom is -0.457 e. The maximum atomic E-state index is 11.8. The van der Waals surface area contributed by atoms with Gasteiger partial charge in [-0.1, -0.05) is 0 Å². The third kappa shape index (κ3) is 3.49. The summed E-state index contributed by atoms with van der Waals surface area (Å²) in [6, 6.07) is 1.66. The molecule has 94 valence electrons. The van der Waals surface area contributed by atoms with Crippen LogP contribution in [0.5, 0.6) is 0 Å². The van der Waals surface area contributed by atoms with Crippen molar-refractivity contribution >= 4 is 33.4 Å². The third-order valence-corrected chi connectivity index (χ3v) is 4.24. The first-order valence-corrected chi connectivity index (χ1v) is 7.05. The Morgan fingerprint density at radius 1 is 1.47 bits per heavy atom. The van der Waals surface area contributed by atoms with Crippen molar-refractivity contribution < 1.29 is 9.21 Å². The van der Waals surface area contributed by atoms with E-state index in [-0.39, 0.29) is 5.91 Å². The van der Waals surface area contributed by atoms with Crippen LogP contribution in [-0.2, 0) is 0 Å². The number of alkyl halides is 1. The first kappa shape index (κ1) is 13.0. The van der Waals surface area contributed by atoms with Gasteiger partial charge in [0.05, 0.1) is 11.8 Å². The van der Waals surface area contributed by atoms with E-state index in [0.29, 0.717) is 21.5 Å². The van der Waals surface area contributed by atoms with Crippen molar-refractivity contribution in [1.82, 2.24) is 5.32 Å². The fourth-order valence-electron chi connectivity index (χ4n) is 2.11. The number of hydrogen-bond donors (Lipinski definition) is 1. The van der Waals surface area contributed by atoms with Gasteiger partial charge in [-0.3, -0.25) is 4.79 Å². The highest BCUT2D eigenvalue weighted by atomic mass is 79.9. The Morgan fingerprint density at radius 3 is 2.76 bits per heavy atom. The van der Waals surface area contributed by atoms with Crippen molar-refractivity contribution in [3.63, 3.8) is 0 Å². The Balaban J connectivity index is 1.79. The van der Waals surface area contributed by atoms with E-state index in [2.05, 4.69) is 21.2 Å². The quantitative estimate of drug-likeness (QED) is 0.865. The summed E-state index contributed by atoms with van der Waals surface area (Å²) in [5.74, 6) is 0.471. The molecule has 0 aromatic carbocycles. The lowest BCUT2D eigenvalue weighted by atomic mass is 9.89. The number of nitrogens with one attached hydrogen (secondary N) is 1. The largest absolute Gasteiger partial charge is 0.457 e. The Bertz CT molecular complexity index is 386. The van der Waals surface area contributed by atoms with Crippen LogP contribution in [0, 0.1) is 5.92 Å². The van der Waals surface area contributed by atoms with Crippen molar-refractivity contribution in [3.8, 4) is 0 Å². The van der Waals surface area contributed by atoms with Crippen molar-refractivity contribution in [2.24, 2.45) is 5.92 Å². The second-order valence-corrected chi connectivity index (χ2v) is 5.77. The first-order valence-electron chi connectivity index (χ1n) is 5.82. The van der Waals surface area contributed by atoms with E-state index in [1.54, 1.807) is 6.07 Å². The van der Waals surface area contributed by atoms with Crippen LogP contribution < -0.4 is 5.32 Å². The highest BCUT2D eigenvalue weighted by Gasteiger charge is 2.20. The van der Waals surface area contributed by atoms with Gasteiger partial charge in [-0.2, -0.15) is 0 Å². The van der Waals surface area contributed by atoms with E-state index in [9.17, 15) is 4.79 Å². The number of carbonyl (C=O) groups is 1. The lowest BCUT2D eigenvalue weighted by molar-refractivity contribution is 0.0942. The number of hydrogen-bond acceptors (Lipinski definition) is 2. The second-order valence-electron chi connectivity index (χ2n) is 4.44. The normalized spacial score (nSPS) is 24.6. The molecule has 0 bridgehead atoms. The zero-order valence-electron chi connectivity index (χ0n) is 9.42. The molecule has 17 heavy (non-hydrogen) atoms. The standard InChI is InChI=1S/C12H15BrClNO2/c13-11-10(5-6-17-11)12(16)15-7-8-1-3-9(14)4-2-8/h5-6,8-9H,1-4,7H2,(H,15,16).